The first-order chi connectivity index (χ1) is 6.95. The maximum atomic E-state index is 10.7. The Hall–Kier alpha value is -1.99. The second-order valence-corrected chi connectivity index (χ2v) is 3.03. The lowest BCUT2D eigenvalue weighted by atomic mass is 10.1. The second-order valence-electron chi connectivity index (χ2n) is 3.03. The van der Waals surface area contributed by atoms with Crippen LogP contribution >= 0.6 is 0 Å². The molecule has 1 aliphatic rings. The minimum Gasteiger partial charge on any atom is -0.480 e. The summed E-state index contributed by atoms with van der Waals surface area (Å²) in [6.45, 7) is -0.00852. The monoisotopic (exact) mass is 218 g/mol. The molecule has 1 heterocycles. The van der Waals surface area contributed by atoms with Crippen LogP contribution in [0.15, 0.2) is 0 Å². The molecule has 8 nitrogen and oxygen atoms in total. The van der Waals surface area contributed by atoms with Crippen molar-refractivity contribution >= 4 is 18.2 Å². The van der Waals surface area contributed by atoms with Gasteiger partial charge in [0.05, 0.1) is 0 Å². The van der Waals surface area contributed by atoms with Gasteiger partial charge in [0, 0.05) is 6.54 Å². The molecule has 0 bridgehead atoms. The van der Waals surface area contributed by atoms with Crippen LogP contribution in [0.3, 0.4) is 0 Å². The minimum absolute atomic E-state index is 0.00852. The molecule has 2 amide bonds. The van der Waals surface area contributed by atoms with E-state index in [-0.39, 0.29) is 13.0 Å². The fraction of sp³-hybridized carbons (Fsp3) is 0.571. The zero-order chi connectivity index (χ0) is 11.6. The van der Waals surface area contributed by atoms with Crippen molar-refractivity contribution in [3.05, 3.63) is 0 Å². The molecule has 1 saturated heterocycles. The van der Waals surface area contributed by atoms with Crippen LogP contribution in [0.1, 0.15) is 12.8 Å². The molecule has 1 aliphatic heterocycles. The molecule has 0 radical (unpaired) electrons. The van der Waals surface area contributed by atoms with E-state index in [1.807, 2.05) is 0 Å². The van der Waals surface area contributed by atoms with Crippen LogP contribution in [0.25, 0.3) is 0 Å². The molecule has 1 rings (SSSR count). The van der Waals surface area contributed by atoms with Gasteiger partial charge in [-0.15, -0.1) is 0 Å². The van der Waals surface area contributed by atoms with Crippen LogP contribution in [-0.2, 0) is 4.79 Å². The number of aliphatic carboxylic acids is 1. The number of carboxylic acids is 1. The fourth-order valence-electron chi connectivity index (χ4n) is 1.49. The van der Waals surface area contributed by atoms with Crippen molar-refractivity contribution in [3.63, 3.8) is 0 Å². The molecule has 0 aromatic heterocycles. The Morgan fingerprint density at radius 1 is 1.07 bits per heavy atom. The minimum atomic E-state index is -1.58. The van der Waals surface area contributed by atoms with E-state index in [2.05, 4.69) is 0 Å². The van der Waals surface area contributed by atoms with Crippen molar-refractivity contribution in [2.75, 3.05) is 6.54 Å². The van der Waals surface area contributed by atoms with E-state index in [1.54, 1.807) is 0 Å². The Kier molecular flexibility index (Phi) is 2.98. The lowest BCUT2D eigenvalue weighted by Gasteiger charge is -2.38. The number of nitrogens with zero attached hydrogens (tertiary/aromatic N) is 2. The molecule has 0 aromatic carbocycles. The number of hydrazine groups is 1. The quantitative estimate of drug-likeness (QED) is 0.574. The molecule has 8 heteroatoms. The highest BCUT2D eigenvalue weighted by Gasteiger charge is 2.39. The summed E-state index contributed by atoms with van der Waals surface area (Å²) in [5.74, 6) is -1.34. The predicted octanol–water partition coefficient (Wildman–Crippen LogP) is 0.108. The first kappa shape index (κ1) is 11.1. The van der Waals surface area contributed by atoms with Crippen molar-refractivity contribution in [3.8, 4) is 0 Å². The molecule has 1 unspecified atom stereocenters. The van der Waals surface area contributed by atoms with Crippen LogP contribution in [-0.4, -0.2) is 56.1 Å². The molecule has 3 N–H and O–H groups in total. The van der Waals surface area contributed by atoms with Crippen LogP contribution in [0.4, 0.5) is 9.59 Å². The Labute approximate surface area is 84.3 Å². The zero-order valence-electron chi connectivity index (χ0n) is 7.66. The average molecular weight is 218 g/mol. The highest BCUT2D eigenvalue weighted by Crippen LogP contribution is 2.18. The molecule has 15 heavy (non-hydrogen) atoms. The van der Waals surface area contributed by atoms with Gasteiger partial charge in [-0.3, -0.25) is 0 Å². The van der Waals surface area contributed by atoms with E-state index in [0.29, 0.717) is 16.4 Å². The van der Waals surface area contributed by atoms with Gasteiger partial charge in [-0.2, -0.15) is 5.01 Å². The van der Waals surface area contributed by atoms with Crippen LogP contribution in [0.5, 0.6) is 0 Å². The summed E-state index contributed by atoms with van der Waals surface area (Å²) in [5.41, 5.74) is 0. The highest BCUT2D eigenvalue weighted by molar-refractivity contribution is 5.81. The van der Waals surface area contributed by atoms with E-state index in [1.165, 1.54) is 0 Å². The number of carboxylic acid groups (broad SMARTS) is 3. The van der Waals surface area contributed by atoms with Crippen LogP contribution in [0, 0.1) is 0 Å². The maximum Gasteiger partial charge on any atom is 0.427 e. The molecule has 0 spiro atoms. The maximum absolute atomic E-state index is 10.7. The van der Waals surface area contributed by atoms with Gasteiger partial charge in [-0.05, 0) is 12.8 Å². The lowest BCUT2D eigenvalue weighted by Crippen LogP contribution is -2.59. The van der Waals surface area contributed by atoms with Crippen molar-refractivity contribution in [2.24, 2.45) is 0 Å². The molecule has 1 fully saturated rings. The van der Waals surface area contributed by atoms with Gasteiger partial charge in [-0.1, -0.05) is 0 Å². The Bertz CT molecular complexity index is 282. The summed E-state index contributed by atoms with van der Waals surface area (Å²) in [4.78, 5) is 32.1. The summed E-state index contributed by atoms with van der Waals surface area (Å²) in [6.07, 6.45) is -2.61. The summed E-state index contributed by atoms with van der Waals surface area (Å²) in [5, 5.41) is 27.0. The summed E-state index contributed by atoms with van der Waals surface area (Å²) < 4.78 is 0. The molecule has 1 atom stereocenters. The number of hydrogen-bond donors (Lipinski definition) is 3. The molecule has 0 aliphatic carbocycles. The number of carbonyl (C=O) groups is 3. The topological polar surface area (TPSA) is 118 Å². The van der Waals surface area contributed by atoms with Crippen molar-refractivity contribution < 1.29 is 29.7 Å². The van der Waals surface area contributed by atoms with Crippen molar-refractivity contribution in [2.45, 2.75) is 18.9 Å². The summed E-state index contributed by atoms with van der Waals surface area (Å²) >= 11 is 0. The van der Waals surface area contributed by atoms with Gasteiger partial charge < -0.3 is 15.3 Å². The van der Waals surface area contributed by atoms with E-state index in [0.717, 1.165) is 0 Å². The number of hydrogen-bond acceptors (Lipinski definition) is 3. The molecule has 84 valence electrons. The zero-order valence-corrected chi connectivity index (χ0v) is 7.66. The van der Waals surface area contributed by atoms with E-state index >= 15 is 0 Å². The average Bonchev–Trinajstić information content (AvgIpc) is 2.16. The van der Waals surface area contributed by atoms with E-state index < -0.39 is 24.2 Å². The lowest BCUT2D eigenvalue weighted by molar-refractivity contribution is -0.151. The first-order valence-corrected chi connectivity index (χ1v) is 4.20. The van der Waals surface area contributed by atoms with Gasteiger partial charge in [0.15, 0.2) is 6.04 Å². The third-order valence-electron chi connectivity index (χ3n) is 2.10. The smallest absolute Gasteiger partial charge is 0.427 e. The third kappa shape index (κ3) is 2.09. The summed E-state index contributed by atoms with van der Waals surface area (Å²) in [6, 6.07) is -1.33. The van der Waals surface area contributed by atoms with E-state index in [4.69, 9.17) is 15.3 Å². The number of amides is 2. The van der Waals surface area contributed by atoms with Gasteiger partial charge in [-0.25, -0.2) is 19.4 Å². The van der Waals surface area contributed by atoms with Crippen molar-refractivity contribution in [1.82, 2.24) is 10.0 Å². The first-order valence-electron chi connectivity index (χ1n) is 4.20. The standard InChI is InChI=1S/C7H10N2O6/c10-5(11)4-2-1-3-8(6(12)13)9(4)7(14)15/h4H,1-3H2,(H,10,11)(H,12,13)(H,14,15). The second kappa shape index (κ2) is 4.03. The Morgan fingerprint density at radius 3 is 2.07 bits per heavy atom. The number of rotatable bonds is 1. The van der Waals surface area contributed by atoms with Gasteiger partial charge in [0.1, 0.15) is 0 Å². The largest absolute Gasteiger partial charge is 0.480 e. The molecule has 0 aromatic rings. The van der Waals surface area contributed by atoms with Crippen LogP contribution in [0.2, 0.25) is 0 Å². The van der Waals surface area contributed by atoms with Gasteiger partial charge in [0.2, 0.25) is 0 Å². The molecule has 0 saturated carbocycles. The third-order valence-corrected chi connectivity index (χ3v) is 2.10. The van der Waals surface area contributed by atoms with Gasteiger partial charge >= 0.3 is 18.2 Å². The SMILES string of the molecule is O=C(O)C1CCCN(C(=O)O)N1C(=O)O. The Morgan fingerprint density at radius 2 is 1.67 bits per heavy atom. The predicted molar refractivity (Wildman–Crippen MR) is 45.3 cm³/mol. The van der Waals surface area contributed by atoms with Crippen molar-refractivity contribution in [1.29, 1.82) is 0 Å². The Balaban J connectivity index is 2.95. The van der Waals surface area contributed by atoms with Gasteiger partial charge in [0.25, 0.3) is 0 Å². The summed E-state index contributed by atoms with van der Waals surface area (Å²) in [7, 11) is 0. The fourth-order valence-corrected chi connectivity index (χ4v) is 1.49. The van der Waals surface area contributed by atoms with Crippen LogP contribution < -0.4 is 0 Å². The normalized spacial score (nSPS) is 21.2. The molecular weight excluding hydrogens is 208 g/mol. The highest BCUT2D eigenvalue weighted by atomic mass is 16.4. The van der Waals surface area contributed by atoms with E-state index in [9.17, 15) is 14.4 Å². The molecular formula is C7H10N2O6.